The number of carbonyl (C=O) groups is 12. The molecule has 8 amide bonds. The van der Waals surface area contributed by atoms with Gasteiger partial charge >= 0.3 is 23.9 Å². The molecule has 33 heteroatoms. The second kappa shape index (κ2) is 36.6. The summed E-state index contributed by atoms with van der Waals surface area (Å²) in [7, 11) is 0. The number of H-pyrrole nitrogens is 1. The van der Waals surface area contributed by atoms with Crippen molar-refractivity contribution in [2.45, 2.75) is 139 Å². The number of fused-ring (bicyclic) bond motifs is 1. The van der Waals surface area contributed by atoms with Gasteiger partial charge in [0.25, 0.3) is 0 Å². The van der Waals surface area contributed by atoms with E-state index in [2.05, 4.69) is 57.5 Å². The smallest absolute Gasteiger partial charge is 0.322 e. The zero-order chi connectivity index (χ0) is 62.3. The van der Waals surface area contributed by atoms with Crippen LogP contribution >= 0.6 is 11.8 Å². The number of aliphatic carboxylic acids is 4. The summed E-state index contributed by atoms with van der Waals surface area (Å²) in [5.74, 6) is -14.1. The summed E-state index contributed by atoms with van der Waals surface area (Å²) in [6.45, 7) is 2.13. The van der Waals surface area contributed by atoms with Crippen LogP contribution in [0.1, 0.15) is 90.0 Å². The summed E-state index contributed by atoms with van der Waals surface area (Å²) in [4.78, 5) is 168. The van der Waals surface area contributed by atoms with Crippen molar-refractivity contribution < 1.29 is 78.0 Å². The first-order chi connectivity index (χ1) is 39.1. The lowest BCUT2D eigenvalue weighted by molar-refractivity contribution is -0.140. The zero-order valence-corrected chi connectivity index (χ0v) is 47.1. The molecule has 0 radical (unpaired) electrons. The number of nitrogens with zero attached hydrogens (tertiary/aromatic N) is 2. The minimum atomic E-state index is -1.62. The molecule has 1 aromatic heterocycles. The van der Waals surface area contributed by atoms with Crippen LogP contribution < -0.4 is 71.2 Å². The van der Waals surface area contributed by atoms with E-state index in [1.165, 1.54) is 11.8 Å². The standard InChI is InChI=1S/C50H78N16O16S/c1-25(2)40(66-41(75)28(51)12-15-36(67)68)48(82)64-33(14-17-38(71)72)45(79)63-34(18-21-83-3)46(80)65-35(22-26-23-58-29-9-5-4-8-27(26)29)47(81)61-31(11-7-20-57-50(54)55)43(77)60-30(10-6-19-56-49(52)53)44(78)62-32(13-16-37(69)70)42(76)59-24-39(73)74/h4-5,8-9,23,25,28,30-35,40,58H,6-7,10-22,24,51H2,1-3H3,(H,59,76)(H,60,77)(H,61,81)(H,62,78)(H,63,79)(H,64,82)(H,65,80)(H,66,75)(H,67,68)(H,69,70)(H,71,72)(H,73,74)(H4,52,53,56)(H4,54,55,57)/t28-,30-,31-,32-,33-,34-,35-,40-/m0/s1. The van der Waals surface area contributed by atoms with Crippen LogP contribution in [0.5, 0.6) is 0 Å². The van der Waals surface area contributed by atoms with Gasteiger partial charge in [0.15, 0.2) is 11.9 Å². The van der Waals surface area contributed by atoms with Gasteiger partial charge in [0.05, 0.1) is 6.04 Å². The molecule has 0 unspecified atom stereocenters. The second-order valence-corrected chi connectivity index (χ2v) is 20.3. The van der Waals surface area contributed by atoms with Crippen molar-refractivity contribution in [2.24, 2.45) is 44.6 Å². The summed E-state index contributed by atoms with van der Waals surface area (Å²) in [5.41, 5.74) is 29.0. The number of amides is 8. The largest absolute Gasteiger partial charge is 0.481 e. The van der Waals surface area contributed by atoms with E-state index in [4.69, 9.17) is 38.9 Å². The molecule has 0 saturated carbocycles. The average Bonchev–Trinajstić information content (AvgIpc) is 4.07. The van der Waals surface area contributed by atoms with Crippen molar-refractivity contribution in [3.05, 3.63) is 36.0 Å². The van der Waals surface area contributed by atoms with E-state index in [0.29, 0.717) is 16.5 Å². The average molecular weight is 1190 g/mol. The van der Waals surface area contributed by atoms with Crippen LogP contribution in [-0.4, -0.2) is 188 Å². The third-order valence-electron chi connectivity index (χ3n) is 12.4. The second-order valence-electron chi connectivity index (χ2n) is 19.4. The molecule has 0 fully saturated rings. The normalized spacial score (nSPS) is 13.8. The number of hydrogen-bond acceptors (Lipinski definition) is 16. The van der Waals surface area contributed by atoms with E-state index in [1.54, 1.807) is 50.6 Å². The van der Waals surface area contributed by atoms with Crippen LogP contribution in [0.15, 0.2) is 40.4 Å². The molecular formula is C50H78N16O16S. The van der Waals surface area contributed by atoms with Gasteiger partial charge in [0, 0.05) is 55.9 Å². The number of hydrogen-bond donors (Lipinski definition) is 18. The summed E-state index contributed by atoms with van der Waals surface area (Å²) in [5, 5.41) is 57.5. The molecule has 460 valence electrons. The maximum atomic E-state index is 14.8. The Labute approximate surface area is 481 Å². The lowest BCUT2D eigenvalue weighted by Crippen LogP contribution is -2.61. The molecule has 2 rings (SSSR count). The fourth-order valence-electron chi connectivity index (χ4n) is 7.97. The van der Waals surface area contributed by atoms with E-state index >= 15 is 0 Å². The Balaban J connectivity index is 2.65. The van der Waals surface area contributed by atoms with Gasteiger partial charge in [-0.25, -0.2) is 0 Å². The van der Waals surface area contributed by atoms with Crippen LogP contribution in [0.3, 0.4) is 0 Å². The first kappa shape index (κ1) is 70.4. The molecule has 0 spiro atoms. The van der Waals surface area contributed by atoms with Crippen molar-refractivity contribution in [1.82, 2.24) is 47.5 Å². The van der Waals surface area contributed by atoms with Gasteiger partial charge in [-0.05, 0) is 80.9 Å². The molecule has 8 atom stereocenters. The maximum Gasteiger partial charge on any atom is 0.322 e. The highest BCUT2D eigenvalue weighted by Gasteiger charge is 2.36. The van der Waals surface area contributed by atoms with Crippen LogP contribution in [0.2, 0.25) is 0 Å². The summed E-state index contributed by atoms with van der Waals surface area (Å²) < 4.78 is 0. The van der Waals surface area contributed by atoms with E-state index in [9.17, 15) is 67.7 Å². The molecule has 32 nitrogen and oxygen atoms in total. The fraction of sp³-hybridized carbons (Fsp3) is 0.560. The lowest BCUT2D eigenvalue weighted by Gasteiger charge is -2.28. The molecule has 0 aliphatic heterocycles. The van der Waals surface area contributed by atoms with Crippen molar-refractivity contribution in [3.8, 4) is 0 Å². The van der Waals surface area contributed by atoms with E-state index < -0.39 is 164 Å². The predicted octanol–water partition coefficient (Wildman–Crippen LogP) is -4.26. The Hall–Kier alpha value is -8.75. The highest BCUT2D eigenvalue weighted by atomic mass is 32.2. The van der Waals surface area contributed by atoms with Crippen molar-refractivity contribution in [3.63, 3.8) is 0 Å². The number of carboxylic acid groups (broad SMARTS) is 4. The van der Waals surface area contributed by atoms with Crippen molar-refractivity contribution >= 4 is 106 Å². The number of nitrogens with one attached hydrogen (secondary N) is 9. The van der Waals surface area contributed by atoms with Gasteiger partial charge in [0.2, 0.25) is 47.3 Å². The molecule has 0 bridgehead atoms. The zero-order valence-electron chi connectivity index (χ0n) is 46.3. The number of nitrogens with two attached hydrogens (primary N) is 5. The molecule has 2 aromatic rings. The molecule has 1 aromatic carbocycles. The van der Waals surface area contributed by atoms with E-state index in [1.807, 2.05) is 0 Å². The van der Waals surface area contributed by atoms with Gasteiger partial charge in [-0.15, -0.1) is 0 Å². The summed E-state index contributed by atoms with van der Waals surface area (Å²) in [6.07, 6.45) is -0.356. The Kier molecular flexibility index (Phi) is 31.0. The Morgan fingerprint density at radius 1 is 0.530 bits per heavy atom. The number of aliphatic imine (C=N–C) groups is 2. The number of aromatic nitrogens is 1. The van der Waals surface area contributed by atoms with Gasteiger partial charge in [-0.1, -0.05) is 32.0 Å². The third kappa shape index (κ3) is 27.0. The van der Waals surface area contributed by atoms with Gasteiger partial charge in [-0.3, -0.25) is 67.5 Å². The van der Waals surface area contributed by atoms with Crippen molar-refractivity contribution in [1.29, 1.82) is 0 Å². The number of para-hydroxylation sites is 1. The third-order valence-corrected chi connectivity index (χ3v) is 13.0. The Morgan fingerprint density at radius 3 is 1.41 bits per heavy atom. The van der Waals surface area contributed by atoms with Crippen LogP contribution in [0.4, 0.5) is 0 Å². The highest BCUT2D eigenvalue weighted by molar-refractivity contribution is 7.98. The molecule has 0 aliphatic rings. The lowest BCUT2D eigenvalue weighted by atomic mass is 10.0. The monoisotopic (exact) mass is 1190 g/mol. The highest BCUT2D eigenvalue weighted by Crippen LogP contribution is 2.20. The number of thioether (sulfide) groups is 1. The number of rotatable bonds is 40. The van der Waals surface area contributed by atoms with E-state index in [0.717, 1.165) is 0 Å². The van der Waals surface area contributed by atoms with Gasteiger partial charge in [0.1, 0.15) is 48.8 Å². The topological polar surface area (TPSA) is 553 Å². The number of carbonyl (C=O) groups excluding carboxylic acids is 8. The quantitative estimate of drug-likeness (QED) is 0.0171. The van der Waals surface area contributed by atoms with Crippen LogP contribution in [-0.2, 0) is 64.0 Å². The molecule has 0 saturated heterocycles. The molecule has 0 aliphatic carbocycles. The predicted molar refractivity (Wildman–Crippen MR) is 302 cm³/mol. The van der Waals surface area contributed by atoms with Crippen LogP contribution in [0, 0.1) is 5.92 Å². The number of carboxylic acids is 4. The minimum Gasteiger partial charge on any atom is -0.481 e. The van der Waals surface area contributed by atoms with Crippen LogP contribution in [0.25, 0.3) is 10.9 Å². The van der Waals surface area contributed by atoms with E-state index in [-0.39, 0.29) is 75.7 Å². The van der Waals surface area contributed by atoms with Gasteiger partial charge < -0.3 is 96.6 Å². The number of guanidine groups is 2. The summed E-state index contributed by atoms with van der Waals surface area (Å²) in [6, 6.07) is -5.00. The van der Waals surface area contributed by atoms with Gasteiger partial charge in [-0.2, -0.15) is 11.8 Å². The number of benzene rings is 1. The maximum absolute atomic E-state index is 14.8. The minimum absolute atomic E-state index is 0.0328. The summed E-state index contributed by atoms with van der Waals surface area (Å²) >= 11 is 1.28. The first-order valence-electron chi connectivity index (χ1n) is 26.3. The number of aromatic amines is 1. The Bertz CT molecular complexity index is 2640. The molecule has 1 heterocycles. The molecule has 83 heavy (non-hydrogen) atoms. The van der Waals surface area contributed by atoms with Crippen molar-refractivity contribution in [2.75, 3.05) is 31.6 Å². The first-order valence-corrected chi connectivity index (χ1v) is 27.7. The Morgan fingerprint density at radius 2 is 0.952 bits per heavy atom. The SMILES string of the molecule is CSCC[C@H](NC(=O)[C@H](CCC(=O)O)NC(=O)[C@@H](NC(=O)[C@@H](N)CCC(=O)O)C(C)C)C(=O)N[C@@H](Cc1c[nH]c2ccccc12)C(=O)N[C@@H](CCCN=C(N)N)C(=O)N[C@@H](CCCN=C(N)N)C(=O)N[C@@H](CCC(=O)O)C(=O)NCC(=O)O. The fourth-order valence-corrected chi connectivity index (χ4v) is 8.44. The molecule has 23 N–H and O–H groups in total. The molecular weight excluding hydrogens is 1110 g/mol.